The summed E-state index contributed by atoms with van der Waals surface area (Å²) in [5.74, 6) is 1.66. The van der Waals surface area contributed by atoms with Crippen LogP contribution in [-0.2, 0) is 24.4 Å². The van der Waals surface area contributed by atoms with Crippen molar-refractivity contribution in [2.45, 2.75) is 25.8 Å². The molecule has 1 fully saturated rings. The third kappa shape index (κ3) is 5.95. The monoisotopic (exact) mass is 476 g/mol. The van der Waals surface area contributed by atoms with E-state index in [0.717, 1.165) is 27.3 Å². The Morgan fingerprint density at radius 3 is 1.97 bits per heavy atom. The second-order valence-electron chi connectivity index (χ2n) is 7.96. The van der Waals surface area contributed by atoms with Crippen molar-refractivity contribution in [1.82, 2.24) is 20.2 Å². The van der Waals surface area contributed by atoms with Crippen LogP contribution in [0, 0.1) is 0 Å². The molecule has 11 nitrogen and oxygen atoms in total. The molecular formula is C24H28N8O3. The van der Waals surface area contributed by atoms with Gasteiger partial charge in [0.15, 0.2) is 6.17 Å². The number of amides is 3. The summed E-state index contributed by atoms with van der Waals surface area (Å²) >= 11 is 0. The van der Waals surface area contributed by atoms with E-state index in [1.165, 1.54) is 7.05 Å². The van der Waals surface area contributed by atoms with Crippen LogP contribution in [0.1, 0.15) is 16.7 Å². The molecule has 3 amide bonds. The van der Waals surface area contributed by atoms with Crippen molar-refractivity contribution >= 4 is 29.5 Å². The maximum absolute atomic E-state index is 12.3. The number of ether oxygens (including phenoxy) is 1. The van der Waals surface area contributed by atoms with Gasteiger partial charge in [0.1, 0.15) is 17.4 Å². The molecular weight excluding hydrogens is 448 g/mol. The Hall–Kier alpha value is -4.38. The SMILES string of the molecule is COc1ccc(CNc2cc(NCc3ccc(CN)cc3)nc(NC3NC(=O)N(C)C3=O)n2)cc1. The molecule has 0 radical (unpaired) electrons. The van der Waals surface area contributed by atoms with E-state index in [9.17, 15) is 9.59 Å². The lowest BCUT2D eigenvalue weighted by atomic mass is 10.1. The molecule has 6 N–H and O–H groups in total. The Kier molecular flexibility index (Phi) is 7.27. The zero-order valence-corrected chi connectivity index (χ0v) is 19.5. The van der Waals surface area contributed by atoms with Gasteiger partial charge in [0.2, 0.25) is 5.95 Å². The number of hydrogen-bond donors (Lipinski definition) is 5. The number of hydrogen-bond acceptors (Lipinski definition) is 9. The second-order valence-corrected chi connectivity index (χ2v) is 7.96. The summed E-state index contributed by atoms with van der Waals surface area (Å²) in [6.07, 6.45) is -0.944. The average molecular weight is 477 g/mol. The number of nitrogens with two attached hydrogens (primary N) is 1. The normalized spacial score (nSPS) is 15.1. The number of nitrogens with zero attached hydrogens (tertiary/aromatic N) is 3. The first-order chi connectivity index (χ1) is 16.9. The molecule has 11 heteroatoms. The fourth-order valence-corrected chi connectivity index (χ4v) is 3.42. The van der Waals surface area contributed by atoms with Crippen LogP contribution in [0.5, 0.6) is 5.75 Å². The van der Waals surface area contributed by atoms with E-state index in [-0.39, 0.29) is 5.95 Å². The van der Waals surface area contributed by atoms with Gasteiger partial charge in [-0.1, -0.05) is 36.4 Å². The van der Waals surface area contributed by atoms with Crippen molar-refractivity contribution in [3.8, 4) is 5.75 Å². The van der Waals surface area contributed by atoms with Gasteiger partial charge in [-0.3, -0.25) is 9.69 Å². The van der Waals surface area contributed by atoms with E-state index in [1.807, 2.05) is 48.5 Å². The van der Waals surface area contributed by atoms with Crippen LogP contribution in [0.2, 0.25) is 0 Å². The van der Waals surface area contributed by atoms with Crippen molar-refractivity contribution in [2.24, 2.45) is 5.73 Å². The highest BCUT2D eigenvalue weighted by molar-refractivity contribution is 6.04. The highest BCUT2D eigenvalue weighted by atomic mass is 16.5. The summed E-state index contributed by atoms with van der Waals surface area (Å²) in [7, 11) is 3.04. The Labute approximate surface area is 203 Å². The maximum atomic E-state index is 12.3. The van der Waals surface area contributed by atoms with Gasteiger partial charge >= 0.3 is 6.03 Å². The first-order valence-electron chi connectivity index (χ1n) is 11.1. The zero-order valence-electron chi connectivity index (χ0n) is 19.5. The first-order valence-corrected chi connectivity index (χ1v) is 11.1. The van der Waals surface area contributed by atoms with Crippen LogP contribution in [0.15, 0.2) is 54.6 Å². The predicted molar refractivity (Wildman–Crippen MR) is 133 cm³/mol. The topological polar surface area (TPSA) is 147 Å². The van der Waals surface area contributed by atoms with Crippen molar-refractivity contribution in [1.29, 1.82) is 0 Å². The number of nitrogens with one attached hydrogen (secondary N) is 4. The fourth-order valence-electron chi connectivity index (χ4n) is 3.42. The minimum Gasteiger partial charge on any atom is -0.497 e. The molecule has 1 aliphatic rings. The lowest BCUT2D eigenvalue weighted by Gasteiger charge is -2.15. The van der Waals surface area contributed by atoms with Crippen LogP contribution < -0.4 is 31.7 Å². The number of carbonyl (C=O) groups is 2. The minimum absolute atomic E-state index is 0.194. The van der Waals surface area contributed by atoms with Gasteiger partial charge in [0.05, 0.1) is 7.11 Å². The Bertz CT molecular complexity index is 1110. The molecule has 1 atom stereocenters. The average Bonchev–Trinajstić information content (AvgIpc) is 3.13. The molecule has 1 saturated heterocycles. The summed E-state index contributed by atoms with van der Waals surface area (Å²) in [6.45, 7) is 1.53. The van der Waals surface area contributed by atoms with Gasteiger partial charge in [0.25, 0.3) is 5.91 Å². The molecule has 1 aliphatic heterocycles. The van der Waals surface area contributed by atoms with Crippen LogP contribution in [0.25, 0.3) is 0 Å². The molecule has 182 valence electrons. The molecule has 0 saturated carbocycles. The summed E-state index contributed by atoms with van der Waals surface area (Å²) in [6, 6.07) is 17.0. The molecule has 1 aromatic heterocycles. The Morgan fingerprint density at radius 1 is 0.943 bits per heavy atom. The highest BCUT2D eigenvalue weighted by Gasteiger charge is 2.35. The lowest BCUT2D eigenvalue weighted by molar-refractivity contribution is -0.125. The van der Waals surface area contributed by atoms with E-state index in [1.54, 1.807) is 13.2 Å². The van der Waals surface area contributed by atoms with Crippen LogP contribution in [0.4, 0.5) is 22.4 Å². The number of rotatable bonds is 10. The fraction of sp³-hybridized carbons (Fsp3) is 0.250. The number of carbonyl (C=O) groups excluding carboxylic acids is 2. The van der Waals surface area contributed by atoms with Gasteiger partial charge in [-0.15, -0.1) is 0 Å². The molecule has 1 unspecified atom stereocenters. The predicted octanol–water partition coefficient (Wildman–Crippen LogP) is 2.09. The van der Waals surface area contributed by atoms with Crippen molar-refractivity contribution < 1.29 is 14.3 Å². The van der Waals surface area contributed by atoms with Gasteiger partial charge < -0.3 is 31.7 Å². The van der Waals surface area contributed by atoms with Crippen molar-refractivity contribution in [2.75, 3.05) is 30.1 Å². The summed E-state index contributed by atoms with van der Waals surface area (Å²) in [5.41, 5.74) is 8.82. The smallest absolute Gasteiger partial charge is 0.325 e. The number of imide groups is 1. The standard InChI is InChI=1S/C24H28N8O3/c1-32-22(33)21(31-24(32)34)30-23-28-19(26-13-16-5-3-15(12-25)4-6-16)11-20(29-23)27-14-17-7-9-18(35-2)10-8-17/h3-11,21H,12-14,25H2,1-2H3,(H,31,34)(H3,26,27,28,29,30). The van der Waals surface area contributed by atoms with Gasteiger partial charge in [0, 0.05) is 32.7 Å². The number of anilines is 3. The molecule has 0 aliphatic carbocycles. The minimum atomic E-state index is -0.944. The van der Waals surface area contributed by atoms with Crippen LogP contribution in [0.3, 0.4) is 0 Å². The van der Waals surface area contributed by atoms with Crippen molar-refractivity contribution in [3.63, 3.8) is 0 Å². The zero-order chi connectivity index (χ0) is 24.8. The number of urea groups is 1. The first kappa shape index (κ1) is 23.8. The van der Waals surface area contributed by atoms with Gasteiger partial charge in [-0.05, 0) is 28.8 Å². The Morgan fingerprint density at radius 2 is 1.49 bits per heavy atom. The quantitative estimate of drug-likeness (QED) is 0.278. The number of aromatic nitrogens is 2. The molecule has 0 bridgehead atoms. The molecule has 2 heterocycles. The molecule has 3 aromatic rings. The van der Waals surface area contributed by atoms with E-state index in [2.05, 4.69) is 31.2 Å². The molecule has 35 heavy (non-hydrogen) atoms. The van der Waals surface area contributed by atoms with E-state index in [4.69, 9.17) is 10.5 Å². The highest BCUT2D eigenvalue weighted by Crippen LogP contribution is 2.19. The summed E-state index contributed by atoms with van der Waals surface area (Å²) < 4.78 is 5.20. The van der Waals surface area contributed by atoms with Crippen LogP contribution >= 0.6 is 0 Å². The molecule has 4 rings (SSSR count). The third-order valence-corrected chi connectivity index (χ3v) is 5.51. The van der Waals surface area contributed by atoms with Crippen molar-refractivity contribution in [3.05, 3.63) is 71.3 Å². The van der Waals surface area contributed by atoms with E-state index < -0.39 is 18.1 Å². The van der Waals surface area contributed by atoms with E-state index >= 15 is 0 Å². The number of likely N-dealkylation sites (N-methyl/N-ethyl adjacent to an activating group) is 1. The lowest BCUT2D eigenvalue weighted by Crippen LogP contribution is -2.37. The van der Waals surface area contributed by atoms with Crippen LogP contribution in [-0.4, -0.2) is 47.1 Å². The maximum Gasteiger partial charge on any atom is 0.325 e. The third-order valence-electron chi connectivity index (χ3n) is 5.51. The largest absolute Gasteiger partial charge is 0.497 e. The Balaban J connectivity index is 1.50. The molecule has 0 spiro atoms. The molecule has 2 aromatic carbocycles. The van der Waals surface area contributed by atoms with Gasteiger partial charge in [-0.25, -0.2) is 4.79 Å². The second kappa shape index (κ2) is 10.7. The summed E-state index contributed by atoms with van der Waals surface area (Å²) in [5, 5.41) is 12.0. The summed E-state index contributed by atoms with van der Waals surface area (Å²) in [4.78, 5) is 34.0. The van der Waals surface area contributed by atoms with E-state index in [0.29, 0.717) is 31.3 Å². The number of benzene rings is 2. The van der Waals surface area contributed by atoms with Gasteiger partial charge in [-0.2, -0.15) is 9.97 Å². The number of methoxy groups -OCH3 is 1.